The summed E-state index contributed by atoms with van der Waals surface area (Å²) in [6.07, 6.45) is 2.24. The van der Waals surface area contributed by atoms with Gasteiger partial charge in [-0.2, -0.15) is 0 Å². The van der Waals surface area contributed by atoms with Gasteiger partial charge in [-0.15, -0.1) is 0 Å². The van der Waals surface area contributed by atoms with Crippen molar-refractivity contribution in [1.29, 1.82) is 0 Å². The highest BCUT2D eigenvalue weighted by Gasteiger charge is 2.28. The molecule has 1 saturated heterocycles. The van der Waals surface area contributed by atoms with Gasteiger partial charge in [0.15, 0.2) is 0 Å². The number of carbonyl (C=O) groups is 1. The molecule has 0 aromatic heterocycles. The van der Waals surface area contributed by atoms with Crippen LogP contribution in [-0.4, -0.2) is 49.0 Å². The van der Waals surface area contributed by atoms with Crippen molar-refractivity contribution < 1.29 is 14.6 Å². The number of aliphatic hydroxyl groups is 1. The Morgan fingerprint density at radius 3 is 2.36 bits per heavy atom. The zero-order valence-corrected chi connectivity index (χ0v) is 14.8. The molecule has 1 heterocycles. The fraction of sp³-hybridized carbons (Fsp3) is 0.941. The van der Waals surface area contributed by atoms with E-state index in [2.05, 4.69) is 38.3 Å². The van der Waals surface area contributed by atoms with Gasteiger partial charge >= 0.3 is 0 Å². The van der Waals surface area contributed by atoms with Crippen molar-refractivity contribution in [3.63, 3.8) is 0 Å². The molecule has 2 atom stereocenters. The summed E-state index contributed by atoms with van der Waals surface area (Å²) in [5, 5.41) is 16.1. The second-order valence-electron chi connectivity index (χ2n) is 7.71. The molecule has 2 unspecified atom stereocenters. The van der Waals surface area contributed by atoms with Gasteiger partial charge in [0.2, 0.25) is 5.91 Å². The van der Waals surface area contributed by atoms with Crippen LogP contribution < -0.4 is 10.6 Å². The first-order valence-corrected chi connectivity index (χ1v) is 8.51. The van der Waals surface area contributed by atoms with Crippen LogP contribution >= 0.6 is 0 Å². The number of carbonyl (C=O) groups excluding carboxylic acids is 1. The van der Waals surface area contributed by atoms with E-state index >= 15 is 0 Å². The van der Waals surface area contributed by atoms with E-state index in [1.807, 2.05) is 0 Å². The number of aliphatic hydroxyl groups excluding tert-OH is 1. The molecule has 0 spiro atoms. The van der Waals surface area contributed by atoms with E-state index in [-0.39, 0.29) is 29.4 Å². The molecule has 0 aromatic carbocycles. The summed E-state index contributed by atoms with van der Waals surface area (Å²) in [6, 6.07) is 0.183. The van der Waals surface area contributed by atoms with Crippen molar-refractivity contribution in [3.05, 3.63) is 0 Å². The first-order valence-electron chi connectivity index (χ1n) is 8.51. The minimum absolute atomic E-state index is 0.0557. The molecule has 130 valence electrons. The quantitative estimate of drug-likeness (QED) is 0.638. The van der Waals surface area contributed by atoms with E-state index in [9.17, 15) is 9.90 Å². The number of ether oxygens (including phenoxy) is 1. The third kappa shape index (κ3) is 7.07. The van der Waals surface area contributed by atoms with Crippen molar-refractivity contribution in [1.82, 2.24) is 10.6 Å². The number of rotatable bonds is 8. The van der Waals surface area contributed by atoms with Crippen molar-refractivity contribution in [2.24, 2.45) is 11.3 Å². The lowest BCUT2D eigenvalue weighted by molar-refractivity contribution is -0.125. The maximum Gasteiger partial charge on any atom is 0.237 e. The van der Waals surface area contributed by atoms with Crippen LogP contribution in [-0.2, 0) is 9.53 Å². The van der Waals surface area contributed by atoms with Crippen molar-refractivity contribution in [2.45, 2.75) is 72.1 Å². The minimum atomic E-state index is -0.354. The summed E-state index contributed by atoms with van der Waals surface area (Å²) in [5.41, 5.74) is -0.107. The second kappa shape index (κ2) is 8.85. The van der Waals surface area contributed by atoms with Crippen molar-refractivity contribution >= 4 is 5.91 Å². The van der Waals surface area contributed by atoms with Crippen LogP contribution in [0.15, 0.2) is 0 Å². The van der Waals surface area contributed by atoms with E-state index in [0.717, 1.165) is 26.1 Å². The standard InChI is InChI=1S/C17H34N2O3/c1-12(2)15(19-14-6-8-22-9-7-14)16(21)18-11-17(4,5)10-13(3)20/h12-15,19-20H,6-11H2,1-5H3,(H,18,21). The third-order valence-corrected chi connectivity index (χ3v) is 4.17. The van der Waals surface area contributed by atoms with E-state index < -0.39 is 0 Å². The van der Waals surface area contributed by atoms with Crippen molar-refractivity contribution in [2.75, 3.05) is 19.8 Å². The average Bonchev–Trinajstić information content (AvgIpc) is 2.42. The summed E-state index contributed by atoms with van der Waals surface area (Å²) in [7, 11) is 0. The third-order valence-electron chi connectivity index (χ3n) is 4.17. The lowest BCUT2D eigenvalue weighted by Gasteiger charge is -2.32. The maximum absolute atomic E-state index is 12.5. The summed E-state index contributed by atoms with van der Waals surface area (Å²) >= 11 is 0. The van der Waals surface area contributed by atoms with Crippen molar-refractivity contribution in [3.8, 4) is 0 Å². The average molecular weight is 314 g/mol. The number of hydrogen-bond donors (Lipinski definition) is 3. The predicted molar refractivity (Wildman–Crippen MR) is 88.7 cm³/mol. The minimum Gasteiger partial charge on any atom is -0.393 e. The number of nitrogens with one attached hydrogen (secondary N) is 2. The Bertz CT molecular complexity index is 337. The Kier molecular flexibility index (Phi) is 7.80. The summed E-state index contributed by atoms with van der Waals surface area (Å²) in [5.74, 6) is 0.294. The molecule has 1 aliphatic rings. The molecular formula is C17H34N2O3. The summed E-state index contributed by atoms with van der Waals surface area (Å²) in [6.45, 7) is 12.2. The van der Waals surface area contributed by atoms with Crippen LogP contribution in [0.3, 0.4) is 0 Å². The summed E-state index contributed by atoms with van der Waals surface area (Å²) < 4.78 is 5.37. The molecule has 1 rings (SSSR count). The molecule has 1 fully saturated rings. The monoisotopic (exact) mass is 314 g/mol. The fourth-order valence-corrected chi connectivity index (χ4v) is 3.00. The predicted octanol–water partition coefficient (Wildman–Crippen LogP) is 1.69. The first-order chi connectivity index (χ1) is 10.2. The molecule has 0 saturated carbocycles. The molecule has 0 bridgehead atoms. The highest BCUT2D eigenvalue weighted by Crippen LogP contribution is 2.21. The van der Waals surface area contributed by atoms with Gasteiger partial charge in [0.1, 0.15) is 0 Å². The van der Waals surface area contributed by atoms with Crippen LogP contribution in [0.5, 0.6) is 0 Å². The van der Waals surface area contributed by atoms with Crippen LogP contribution in [0, 0.1) is 11.3 Å². The van der Waals surface area contributed by atoms with Gasteiger partial charge in [-0.25, -0.2) is 0 Å². The Balaban J connectivity index is 2.50. The highest BCUT2D eigenvalue weighted by molar-refractivity contribution is 5.82. The molecular weight excluding hydrogens is 280 g/mol. The first kappa shape index (κ1) is 19.4. The largest absolute Gasteiger partial charge is 0.393 e. The number of amides is 1. The molecule has 1 amide bonds. The van der Waals surface area contributed by atoms with Gasteiger partial charge in [0, 0.05) is 25.8 Å². The van der Waals surface area contributed by atoms with Gasteiger partial charge in [-0.05, 0) is 37.5 Å². The molecule has 3 N–H and O–H groups in total. The molecule has 5 nitrogen and oxygen atoms in total. The maximum atomic E-state index is 12.5. The molecule has 1 aliphatic heterocycles. The van der Waals surface area contributed by atoms with Gasteiger partial charge < -0.3 is 20.5 Å². The second-order valence-corrected chi connectivity index (χ2v) is 7.71. The lowest BCUT2D eigenvalue weighted by atomic mass is 9.86. The lowest BCUT2D eigenvalue weighted by Crippen LogP contribution is -2.53. The Morgan fingerprint density at radius 1 is 1.27 bits per heavy atom. The summed E-state index contributed by atoms with van der Waals surface area (Å²) in [4.78, 5) is 12.5. The SMILES string of the molecule is CC(O)CC(C)(C)CNC(=O)C(NC1CCOCC1)C(C)C. The van der Waals surface area contributed by atoms with E-state index in [0.29, 0.717) is 19.0 Å². The van der Waals surface area contributed by atoms with Crippen LogP contribution in [0.1, 0.15) is 53.9 Å². The van der Waals surface area contributed by atoms with E-state index in [1.165, 1.54) is 0 Å². The van der Waals surface area contributed by atoms with E-state index in [1.54, 1.807) is 6.92 Å². The zero-order valence-electron chi connectivity index (χ0n) is 14.8. The number of hydrogen-bond acceptors (Lipinski definition) is 4. The van der Waals surface area contributed by atoms with Gasteiger partial charge in [-0.1, -0.05) is 27.7 Å². The Hall–Kier alpha value is -0.650. The molecule has 0 radical (unpaired) electrons. The van der Waals surface area contributed by atoms with Crippen LogP contribution in [0.2, 0.25) is 0 Å². The zero-order chi connectivity index (χ0) is 16.8. The molecule has 5 heteroatoms. The van der Waals surface area contributed by atoms with Gasteiger partial charge in [0.05, 0.1) is 12.1 Å². The van der Waals surface area contributed by atoms with Gasteiger partial charge in [-0.3, -0.25) is 4.79 Å². The molecule has 22 heavy (non-hydrogen) atoms. The molecule has 0 aromatic rings. The van der Waals surface area contributed by atoms with Gasteiger partial charge in [0.25, 0.3) is 0 Å². The highest BCUT2D eigenvalue weighted by atomic mass is 16.5. The molecule has 0 aliphatic carbocycles. The van der Waals surface area contributed by atoms with Crippen LogP contribution in [0.25, 0.3) is 0 Å². The normalized spacial score (nSPS) is 20.0. The smallest absolute Gasteiger partial charge is 0.237 e. The Labute approximate surface area is 135 Å². The fourth-order valence-electron chi connectivity index (χ4n) is 3.00. The topological polar surface area (TPSA) is 70.6 Å². The Morgan fingerprint density at radius 2 is 1.86 bits per heavy atom. The van der Waals surface area contributed by atoms with Crippen LogP contribution in [0.4, 0.5) is 0 Å². The van der Waals surface area contributed by atoms with E-state index in [4.69, 9.17) is 4.74 Å².